The van der Waals surface area contributed by atoms with Gasteiger partial charge in [0, 0.05) is 265 Å². The third kappa shape index (κ3) is 149. The summed E-state index contributed by atoms with van der Waals surface area (Å²) in [6, 6.07) is 18.4. The molecule has 7 heterocycles. The Hall–Kier alpha value is -0.953. The van der Waals surface area contributed by atoms with E-state index in [1.54, 1.807) is 48.1 Å². The topological polar surface area (TPSA) is 312 Å². The summed E-state index contributed by atoms with van der Waals surface area (Å²) in [7, 11) is 0. The van der Waals surface area contributed by atoms with Crippen LogP contribution in [0.1, 0.15) is 178 Å². The first-order valence-corrected chi connectivity index (χ1v) is 28.2. The van der Waals surface area contributed by atoms with Crippen LogP contribution in [0.25, 0.3) is 0 Å². The van der Waals surface area contributed by atoms with Gasteiger partial charge in [-0.25, -0.2) is 0 Å². The second-order valence-corrected chi connectivity index (χ2v) is 24.2. The molecule has 0 saturated heterocycles. The number of aromatic hydroxyl groups is 4. The molecule has 7 rings (SSSR count). The SMILES string of the molecule is CC.CC(C)(C)C.CC(C)(C)C.CC(C)(C)C.CC(C)(C)n1ccc(=O)c(O)c1.CC(C)C.CCC.C[CH-]C.Cc1c[n-]ccc1=O.O=c1[n-]cccc1O.O=c1[n-]cccc1O.O=c1cc[n-]cc1O.O=c1ccccn1O.O=c1ccccn1O.[CH3-].[CH3-].[CH3-].[CH3-].[CH3-].[V+2].[V].[V].[V].[V].[V].[V].[V].[V].[V].[V].[V].[V]. The minimum absolute atomic E-state index is 0. The van der Waals surface area contributed by atoms with Gasteiger partial charge in [-0.05, 0) is 91.8 Å². The van der Waals surface area contributed by atoms with E-state index in [2.05, 4.69) is 138 Å². The summed E-state index contributed by atoms with van der Waals surface area (Å²) in [6.07, 6.45) is 17.1. The fourth-order valence-electron chi connectivity index (χ4n) is 3.33. The molecular weight excluding hydrogens is 1830 g/mol. The summed E-state index contributed by atoms with van der Waals surface area (Å²) in [5.74, 6) is -0.264. The Balaban J connectivity index is -0.0000000286. The number of hydrogen-bond acceptors (Lipinski definition) is 13. The van der Waals surface area contributed by atoms with E-state index in [0.29, 0.717) is 31.3 Å². The van der Waals surface area contributed by atoms with Gasteiger partial charge in [-0.1, -0.05) is 162 Å². The monoisotopic (exact) mass is 1960 g/mol. The van der Waals surface area contributed by atoms with Crippen molar-refractivity contribution < 1.29 is 272 Å². The Labute approximate surface area is 788 Å². The number of hydrogen-bond donors (Lipinski definition) is 6. The molecule has 20 nitrogen and oxygen atoms in total. The maximum atomic E-state index is 10.8. The normalized spacial score (nSPS) is 7.90. The number of aryl methyl sites for hydroxylation is 1. The van der Waals surface area contributed by atoms with Gasteiger partial charge >= 0.3 is 18.6 Å². The van der Waals surface area contributed by atoms with E-state index < -0.39 is 22.2 Å². The van der Waals surface area contributed by atoms with Crippen molar-refractivity contribution in [2.45, 2.75) is 185 Å². The molecule has 13 radical (unpaired) electrons. The van der Waals surface area contributed by atoms with E-state index in [0.717, 1.165) is 12.1 Å². The van der Waals surface area contributed by atoms with Crippen LogP contribution in [0, 0.1) is 72.6 Å². The fraction of sp³-hybridized carbons (Fsp3) is 0.431. The van der Waals surface area contributed by atoms with Gasteiger partial charge in [0.25, 0.3) is 11.1 Å². The van der Waals surface area contributed by atoms with E-state index in [9.17, 15) is 33.6 Å². The first kappa shape index (κ1) is 177. The van der Waals surface area contributed by atoms with E-state index in [4.69, 9.17) is 30.8 Å². The van der Waals surface area contributed by atoms with Crippen LogP contribution in [-0.4, -0.2) is 44.9 Å². The van der Waals surface area contributed by atoms with Crippen molar-refractivity contribution in [3.8, 4) is 23.0 Å². The number of aromatic nitrogens is 7. The number of rotatable bonds is 0. The molecule has 0 unspecified atom stereocenters. The van der Waals surface area contributed by atoms with Gasteiger partial charge in [0.1, 0.15) is 28.4 Å². The second kappa shape index (κ2) is 107. The molecule has 105 heavy (non-hydrogen) atoms. The molecule has 0 fully saturated rings. The predicted octanol–water partition coefficient (Wildman–Crippen LogP) is 14.6. The Morgan fingerprint density at radius 1 is 0.410 bits per heavy atom. The van der Waals surface area contributed by atoms with Crippen molar-refractivity contribution >= 4 is 0 Å². The minimum Gasteiger partial charge on any atom is -0.670 e. The zero-order chi connectivity index (χ0) is 69.7. The molecule has 0 aliphatic heterocycles. The Morgan fingerprint density at radius 2 is 0.667 bits per heavy atom. The molecule has 0 bridgehead atoms. The van der Waals surface area contributed by atoms with Gasteiger partial charge in [0.15, 0.2) is 11.2 Å². The minimum atomic E-state index is -0.576. The average Bonchev–Trinajstić information content (AvgIpc) is 0.940. The molecule has 33 heteroatoms. The summed E-state index contributed by atoms with van der Waals surface area (Å²) in [5, 5.41) is 51.8. The van der Waals surface area contributed by atoms with Gasteiger partial charge in [0.2, 0.25) is 10.9 Å². The summed E-state index contributed by atoms with van der Waals surface area (Å²) in [4.78, 5) is 86.7. The molecule has 0 aromatic carbocycles. The van der Waals surface area contributed by atoms with Gasteiger partial charge in [-0.15, -0.1) is 6.20 Å². The molecular formula is C72H123N7O13V13-8. The summed E-state index contributed by atoms with van der Waals surface area (Å²) in [6.45, 7) is 52.7. The maximum Gasteiger partial charge on any atom is 2.00 e. The Kier molecular flexibility index (Phi) is 181. The fourth-order valence-corrected chi connectivity index (χ4v) is 3.33. The largest absolute Gasteiger partial charge is 2.00 e. The van der Waals surface area contributed by atoms with Crippen LogP contribution >= 0.6 is 0 Å². The Bertz CT molecular complexity index is 2770. The zero-order valence-corrected chi connectivity index (χ0v) is 85.8. The first-order chi connectivity index (χ1) is 39.8. The van der Waals surface area contributed by atoms with Crippen LogP contribution in [0.5, 0.6) is 23.0 Å². The first-order valence-electron chi connectivity index (χ1n) is 28.2. The summed E-state index contributed by atoms with van der Waals surface area (Å²) in [5.41, 5.74) is -0.548. The average molecular weight is 1960 g/mol. The van der Waals surface area contributed by atoms with Crippen molar-refractivity contribution in [1.82, 2.24) is 34.0 Å². The van der Waals surface area contributed by atoms with E-state index in [1.807, 2.05) is 54.9 Å². The van der Waals surface area contributed by atoms with Crippen molar-refractivity contribution in [3.05, 3.63) is 262 Å². The third-order valence-electron chi connectivity index (χ3n) is 6.51. The van der Waals surface area contributed by atoms with Gasteiger partial charge in [-0.2, -0.15) is 54.3 Å². The Morgan fingerprint density at radius 3 is 0.819 bits per heavy atom. The zero-order valence-electron chi connectivity index (χ0n) is 67.6. The van der Waals surface area contributed by atoms with Crippen molar-refractivity contribution in [2.24, 2.45) is 22.2 Å². The van der Waals surface area contributed by atoms with Crippen molar-refractivity contribution in [1.29, 1.82) is 0 Å². The van der Waals surface area contributed by atoms with Crippen LogP contribution < -0.4 is 58.5 Å². The molecule has 0 amide bonds. The van der Waals surface area contributed by atoms with E-state index in [1.165, 1.54) is 104 Å². The summed E-state index contributed by atoms with van der Waals surface area (Å²) >= 11 is 0. The van der Waals surface area contributed by atoms with Crippen LogP contribution in [0.3, 0.4) is 0 Å². The molecule has 7 aromatic heterocycles. The van der Waals surface area contributed by atoms with Crippen LogP contribution in [0.4, 0.5) is 0 Å². The van der Waals surface area contributed by atoms with Crippen molar-refractivity contribution in [3.63, 3.8) is 0 Å². The summed E-state index contributed by atoms with van der Waals surface area (Å²) < 4.78 is 2.85. The van der Waals surface area contributed by atoms with E-state index >= 15 is 0 Å². The number of nitrogens with zero attached hydrogens (tertiary/aromatic N) is 7. The van der Waals surface area contributed by atoms with E-state index in [-0.39, 0.29) is 323 Å². The van der Waals surface area contributed by atoms with Crippen LogP contribution in [0.2, 0.25) is 0 Å². The third-order valence-corrected chi connectivity index (χ3v) is 6.51. The standard InChI is InChI=1S/C9H13NO2.C6H7NO.5C5H5NO2.3C5H12.C4H10.C3H8.C3H7.C2H6.5CH3.13V/c1-9(2,3)10-5-4-7(11)8(12)6-10;1-5-4-7-3-2-6(5)8;7-4-1-2-6-3-5(4)8;2*7-4-2-1-3-6-5(4)8;2*7-5-3-1-2-4-6(5)8;3*1-5(2,3)4;1-4(2)3;2*1-3-2;1-2;;;;;;;;;;;;;;;;;;/h4-6,12H,1-3H3;2-4H,1H3,(H,7,8);3*1-3H,(H2,6,7,8);2*1-4,8H;3*1-4H3;4H,1-3H3;3H2,1-2H3;3H,1-2H3;1-2H3;5*1H3;;;;;;;;;;;;;/q;;;;;;;;;;;;-1;;5*-1;;;;;;;;;;;;;+2/p-4. The molecule has 597 valence electrons. The molecule has 0 aliphatic rings. The van der Waals surface area contributed by atoms with Gasteiger partial charge < -0.3 is 108 Å². The molecule has 0 aliphatic carbocycles. The van der Waals surface area contributed by atoms with Gasteiger partial charge in [0.05, 0.1) is 6.20 Å². The quantitative estimate of drug-likeness (QED) is 0.0607. The van der Waals surface area contributed by atoms with Crippen molar-refractivity contribution in [2.75, 3.05) is 0 Å². The molecule has 6 N–H and O–H groups in total. The van der Waals surface area contributed by atoms with Crippen LogP contribution in [0.15, 0.2) is 174 Å². The predicted molar refractivity (Wildman–Crippen MR) is 388 cm³/mol. The molecule has 7 aromatic rings. The molecule has 0 atom stereocenters. The smallest absolute Gasteiger partial charge is 0.670 e. The second-order valence-electron chi connectivity index (χ2n) is 24.2. The molecule has 0 saturated carbocycles. The number of pyridine rings is 7. The van der Waals surface area contributed by atoms with Crippen LogP contribution in [-0.2, 0) is 247 Å². The maximum absolute atomic E-state index is 10.8. The molecule has 0 spiro atoms. The van der Waals surface area contributed by atoms with Gasteiger partial charge in [-0.3, -0.25) is 24.0 Å².